The summed E-state index contributed by atoms with van der Waals surface area (Å²) >= 11 is 0. The van der Waals surface area contributed by atoms with E-state index in [0.717, 1.165) is 5.56 Å². The van der Waals surface area contributed by atoms with Crippen molar-refractivity contribution in [2.45, 2.75) is 32.8 Å². The van der Waals surface area contributed by atoms with E-state index in [9.17, 15) is 4.79 Å². The zero-order chi connectivity index (χ0) is 12.2. The zero-order valence-corrected chi connectivity index (χ0v) is 9.78. The molecule has 1 aromatic carbocycles. The average Bonchev–Trinajstić information content (AvgIpc) is 2.16. The first-order valence-electron chi connectivity index (χ1n) is 5.11. The van der Waals surface area contributed by atoms with E-state index >= 15 is 0 Å². The molecular weight excluding hydrogens is 206 g/mol. The highest BCUT2D eigenvalue weighted by molar-refractivity contribution is 5.73. The second kappa shape index (κ2) is 4.99. The van der Waals surface area contributed by atoms with Crippen LogP contribution in [0.25, 0.3) is 0 Å². The number of rotatable bonds is 3. The number of hydrogen-bond donors (Lipinski definition) is 2. The van der Waals surface area contributed by atoms with Crippen molar-refractivity contribution in [3.05, 3.63) is 29.8 Å². The molecule has 0 saturated heterocycles. The van der Waals surface area contributed by atoms with Crippen molar-refractivity contribution < 1.29 is 14.7 Å². The first-order chi connectivity index (χ1) is 7.40. The summed E-state index contributed by atoms with van der Waals surface area (Å²) in [4.78, 5) is 11.5. The number of benzene rings is 1. The Morgan fingerprint density at radius 1 is 1.31 bits per heavy atom. The quantitative estimate of drug-likeness (QED) is 0.610. The molecule has 0 saturated carbocycles. The third-order valence-corrected chi connectivity index (χ3v) is 1.85. The lowest BCUT2D eigenvalue weighted by Gasteiger charge is -2.19. The molecule has 0 fully saturated rings. The van der Waals surface area contributed by atoms with E-state index in [4.69, 9.17) is 9.94 Å². The maximum atomic E-state index is 11.5. The van der Waals surface area contributed by atoms with Crippen molar-refractivity contribution in [1.82, 2.24) is 0 Å². The molecule has 0 unspecified atom stereocenters. The smallest absolute Gasteiger partial charge is 0.310 e. The van der Waals surface area contributed by atoms with E-state index in [0.29, 0.717) is 5.69 Å². The van der Waals surface area contributed by atoms with Crippen LogP contribution in [0.1, 0.15) is 26.3 Å². The van der Waals surface area contributed by atoms with Gasteiger partial charge in [0.25, 0.3) is 0 Å². The van der Waals surface area contributed by atoms with E-state index in [2.05, 4.69) is 0 Å². The second-order valence-electron chi connectivity index (χ2n) is 4.57. The Kier molecular flexibility index (Phi) is 3.90. The summed E-state index contributed by atoms with van der Waals surface area (Å²) in [5.74, 6) is -0.253. The number of nitrogens with one attached hydrogen (secondary N) is 1. The molecule has 1 aromatic rings. The predicted molar refractivity (Wildman–Crippen MR) is 61.4 cm³/mol. The van der Waals surface area contributed by atoms with Crippen LogP contribution in [0.3, 0.4) is 0 Å². The van der Waals surface area contributed by atoms with E-state index in [1.165, 1.54) is 0 Å². The molecule has 88 valence electrons. The van der Waals surface area contributed by atoms with Gasteiger partial charge in [-0.15, -0.1) is 0 Å². The van der Waals surface area contributed by atoms with Gasteiger partial charge in [0.15, 0.2) is 0 Å². The number of anilines is 1. The minimum absolute atomic E-state index is 0.239. The molecule has 0 aromatic heterocycles. The van der Waals surface area contributed by atoms with Crippen LogP contribution in [0.2, 0.25) is 0 Å². The van der Waals surface area contributed by atoms with Gasteiger partial charge < -0.3 is 4.74 Å². The van der Waals surface area contributed by atoms with Gasteiger partial charge in [-0.25, -0.2) is 0 Å². The van der Waals surface area contributed by atoms with Gasteiger partial charge in [0, 0.05) is 0 Å². The van der Waals surface area contributed by atoms with Crippen molar-refractivity contribution in [2.24, 2.45) is 0 Å². The third kappa shape index (κ3) is 4.31. The van der Waals surface area contributed by atoms with Gasteiger partial charge in [-0.2, -0.15) is 0 Å². The Hall–Kier alpha value is -1.55. The molecule has 0 aliphatic rings. The molecule has 0 radical (unpaired) electrons. The normalized spacial score (nSPS) is 11.0. The minimum Gasteiger partial charge on any atom is -0.460 e. The van der Waals surface area contributed by atoms with Gasteiger partial charge >= 0.3 is 5.97 Å². The van der Waals surface area contributed by atoms with Crippen LogP contribution in [-0.4, -0.2) is 16.8 Å². The molecule has 4 nitrogen and oxygen atoms in total. The van der Waals surface area contributed by atoms with Crippen molar-refractivity contribution in [3.63, 3.8) is 0 Å². The van der Waals surface area contributed by atoms with Crippen molar-refractivity contribution >= 4 is 11.7 Å². The number of carbonyl (C=O) groups is 1. The first kappa shape index (κ1) is 12.5. The molecule has 4 heteroatoms. The maximum Gasteiger partial charge on any atom is 0.310 e. The topological polar surface area (TPSA) is 58.6 Å². The van der Waals surface area contributed by atoms with Gasteiger partial charge in [-0.3, -0.25) is 15.5 Å². The SMILES string of the molecule is CC(C)(C)OC(=O)Cc1ccc(NO)cc1. The number of hydrogen-bond acceptors (Lipinski definition) is 4. The Balaban J connectivity index is 2.56. The molecule has 1 rings (SSSR count). The lowest BCUT2D eigenvalue weighted by Crippen LogP contribution is -2.24. The van der Waals surface area contributed by atoms with Crippen LogP contribution in [0.4, 0.5) is 5.69 Å². The van der Waals surface area contributed by atoms with Crippen molar-refractivity contribution in [1.29, 1.82) is 0 Å². The molecule has 2 N–H and O–H groups in total. The molecular formula is C12H17NO3. The van der Waals surface area contributed by atoms with E-state index < -0.39 is 5.60 Å². The first-order valence-corrected chi connectivity index (χ1v) is 5.11. The van der Waals surface area contributed by atoms with Gasteiger partial charge in [-0.1, -0.05) is 12.1 Å². The number of esters is 1. The number of ether oxygens (including phenoxy) is 1. The summed E-state index contributed by atoms with van der Waals surface area (Å²) < 4.78 is 5.19. The maximum absolute atomic E-state index is 11.5. The van der Waals surface area contributed by atoms with Gasteiger partial charge in [-0.05, 0) is 38.5 Å². The van der Waals surface area contributed by atoms with Crippen LogP contribution in [-0.2, 0) is 16.0 Å². The number of carbonyl (C=O) groups excluding carboxylic acids is 1. The summed E-state index contributed by atoms with van der Waals surface area (Å²) in [6.45, 7) is 5.51. The molecule has 0 amide bonds. The molecule has 0 heterocycles. The van der Waals surface area contributed by atoms with E-state index in [-0.39, 0.29) is 12.4 Å². The van der Waals surface area contributed by atoms with Gasteiger partial charge in [0.1, 0.15) is 5.60 Å². The fourth-order valence-electron chi connectivity index (χ4n) is 1.24. The largest absolute Gasteiger partial charge is 0.460 e. The summed E-state index contributed by atoms with van der Waals surface area (Å²) in [5, 5.41) is 8.62. The zero-order valence-electron chi connectivity index (χ0n) is 9.78. The van der Waals surface area contributed by atoms with E-state index in [1.54, 1.807) is 24.3 Å². The van der Waals surface area contributed by atoms with E-state index in [1.807, 2.05) is 26.3 Å². The average molecular weight is 223 g/mol. The monoisotopic (exact) mass is 223 g/mol. The Labute approximate surface area is 95.2 Å². The van der Waals surface area contributed by atoms with Crippen LogP contribution in [0, 0.1) is 0 Å². The molecule has 0 spiro atoms. The van der Waals surface area contributed by atoms with Crippen LogP contribution < -0.4 is 5.48 Å². The summed E-state index contributed by atoms with van der Waals surface area (Å²) in [6, 6.07) is 6.92. The van der Waals surface area contributed by atoms with Crippen LogP contribution in [0.5, 0.6) is 0 Å². The minimum atomic E-state index is -0.455. The molecule has 0 atom stereocenters. The highest BCUT2D eigenvalue weighted by Crippen LogP contribution is 2.12. The van der Waals surface area contributed by atoms with Gasteiger partial charge in [0.2, 0.25) is 0 Å². The fourth-order valence-corrected chi connectivity index (χ4v) is 1.24. The third-order valence-electron chi connectivity index (χ3n) is 1.85. The van der Waals surface area contributed by atoms with Crippen molar-refractivity contribution in [2.75, 3.05) is 5.48 Å². The Bertz CT molecular complexity index is 352. The highest BCUT2D eigenvalue weighted by Gasteiger charge is 2.16. The summed E-state index contributed by atoms with van der Waals surface area (Å²) in [7, 11) is 0. The second-order valence-corrected chi connectivity index (χ2v) is 4.57. The molecule has 16 heavy (non-hydrogen) atoms. The standard InChI is InChI=1S/C12H17NO3/c1-12(2,3)16-11(14)8-9-4-6-10(13-15)7-5-9/h4-7,13,15H,8H2,1-3H3. The molecule has 0 bridgehead atoms. The van der Waals surface area contributed by atoms with Crippen LogP contribution in [0.15, 0.2) is 24.3 Å². The van der Waals surface area contributed by atoms with Crippen molar-refractivity contribution in [3.8, 4) is 0 Å². The Morgan fingerprint density at radius 3 is 2.31 bits per heavy atom. The fraction of sp³-hybridized carbons (Fsp3) is 0.417. The molecule has 0 aliphatic carbocycles. The predicted octanol–water partition coefficient (Wildman–Crippen LogP) is 2.37. The Morgan fingerprint density at radius 2 is 1.88 bits per heavy atom. The highest BCUT2D eigenvalue weighted by atomic mass is 16.6. The van der Waals surface area contributed by atoms with Gasteiger partial charge in [0.05, 0.1) is 12.1 Å². The lowest BCUT2D eigenvalue weighted by atomic mass is 10.1. The summed E-state index contributed by atoms with van der Waals surface area (Å²) in [5.41, 5.74) is 3.02. The van der Waals surface area contributed by atoms with Crippen LogP contribution >= 0.6 is 0 Å². The lowest BCUT2D eigenvalue weighted by molar-refractivity contribution is -0.153. The molecule has 0 aliphatic heterocycles. The summed E-state index contributed by atoms with van der Waals surface area (Å²) in [6.07, 6.45) is 0.239.